The summed E-state index contributed by atoms with van der Waals surface area (Å²) in [6.45, 7) is 4.21. The Morgan fingerprint density at radius 3 is 1.75 bits per heavy atom. The van der Waals surface area contributed by atoms with Gasteiger partial charge in [-0.1, -0.05) is 54.6 Å². The summed E-state index contributed by atoms with van der Waals surface area (Å²) in [6, 6.07) is 33.8. The summed E-state index contributed by atoms with van der Waals surface area (Å²) in [5.74, 6) is 0. The molecule has 0 aliphatic heterocycles. The highest BCUT2D eigenvalue weighted by molar-refractivity contribution is 5.82. The van der Waals surface area contributed by atoms with E-state index >= 15 is 0 Å². The van der Waals surface area contributed by atoms with E-state index in [2.05, 4.69) is 122 Å². The number of aryl methyl sites for hydroxylation is 2. The number of anilines is 4. The predicted molar refractivity (Wildman–Crippen MR) is 121 cm³/mol. The lowest BCUT2D eigenvalue weighted by atomic mass is 10.0. The largest absolute Gasteiger partial charge is 0.356 e. The SMILES string of the molecule is Cc1cccc(Nc2ccc(-c3ccccc3Nc3cccc(C)c3)cc2)c1. The van der Waals surface area contributed by atoms with Crippen molar-refractivity contribution in [3.63, 3.8) is 0 Å². The Morgan fingerprint density at radius 1 is 0.500 bits per heavy atom. The molecule has 0 bridgehead atoms. The van der Waals surface area contributed by atoms with Crippen LogP contribution in [-0.4, -0.2) is 0 Å². The first-order valence-electron chi connectivity index (χ1n) is 9.54. The van der Waals surface area contributed by atoms with Gasteiger partial charge in [-0.3, -0.25) is 0 Å². The molecule has 0 fully saturated rings. The normalized spacial score (nSPS) is 10.5. The zero-order valence-corrected chi connectivity index (χ0v) is 16.2. The van der Waals surface area contributed by atoms with Crippen LogP contribution in [0.15, 0.2) is 97.1 Å². The zero-order chi connectivity index (χ0) is 19.3. The Labute approximate surface area is 166 Å². The third kappa shape index (κ3) is 4.24. The smallest absolute Gasteiger partial charge is 0.0463 e. The van der Waals surface area contributed by atoms with Crippen molar-refractivity contribution in [2.24, 2.45) is 0 Å². The van der Waals surface area contributed by atoms with Gasteiger partial charge in [-0.05, 0) is 73.0 Å². The standard InChI is InChI=1S/C26H24N2/c1-19-7-5-9-23(17-19)27-22-15-13-21(14-16-22)25-11-3-4-12-26(25)28-24-10-6-8-20(2)18-24/h3-18,27-28H,1-2H3. The van der Waals surface area contributed by atoms with Crippen molar-refractivity contribution in [1.29, 1.82) is 0 Å². The van der Waals surface area contributed by atoms with Crippen molar-refractivity contribution >= 4 is 22.7 Å². The monoisotopic (exact) mass is 364 g/mol. The third-order valence-electron chi connectivity index (χ3n) is 4.73. The van der Waals surface area contributed by atoms with Crippen molar-refractivity contribution < 1.29 is 0 Å². The van der Waals surface area contributed by atoms with Crippen LogP contribution < -0.4 is 10.6 Å². The molecule has 0 heterocycles. The molecule has 0 radical (unpaired) electrons. The van der Waals surface area contributed by atoms with E-state index in [-0.39, 0.29) is 0 Å². The minimum Gasteiger partial charge on any atom is -0.356 e. The van der Waals surface area contributed by atoms with E-state index in [1.54, 1.807) is 0 Å². The summed E-state index contributed by atoms with van der Waals surface area (Å²) < 4.78 is 0. The second-order valence-electron chi connectivity index (χ2n) is 7.11. The van der Waals surface area contributed by atoms with E-state index in [4.69, 9.17) is 0 Å². The lowest BCUT2D eigenvalue weighted by Gasteiger charge is -2.14. The summed E-state index contributed by atoms with van der Waals surface area (Å²) >= 11 is 0. The molecule has 0 saturated carbocycles. The van der Waals surface area contributed by atoms with Crippen LogP contribution in [0.3, 0.4) is 0 Å². The molecule has 4 aromatic rings. The van der Waals surface area contributed by atoms with Crippen molar-refractivity contribution in [3.8, 4) is 11.1 Å². The Kier molecular flexibility index (Phi) is 5.11. The van der Waals surface area contributed by atoms with Gasteiger partial charge in [0.25, 0.3) is 0 Å². The topological polar surface area (TPSA) is 24.1 Å². The number of benzene rings is 4. The molecular weight excluding hydrogens is 340 g/mol. The molecule has 138 valence electrons. The van der Waals surface area contributed by atoms with E-state index in [9.17, 15) is 0 Å². The average molecular weight is 364 g/mol. The molecule has 2 heteroatoms. The summed E-state index contributed by atoms with van der Waals surface area (Å²) in [7, 11) is 0. The van der Waals surface area contributed by atoms with Crippen LogP contribution in [0.4, 0.5) is 22.7 Å². The fraction of sp³-hybridized carbons (Fsp3) is 0.0769. The van der Waals surface area contributed by atoms with Crippen LogP contribution in [0.2, 0.25) is 0 Å². The second kappa shape index (κ2) is 8.01. The van der Waals surface area contributed by atoms with E-state index in [0.29, 0.717) is 0 Å². The second-order valence-corrected chi connectivity index (χ2v) is 7.11. The first kappa shape index (κ1) is 17.9. The van der Waals surface area contributed by atoms with E-state index < -0.39 is 0 Å². The van der Waals surface area contributed by atoms with Crippen molar-refractivity contribution in [1.82, 2.24) is 0 Å². The molecule has 0 unspecified atom stereocenters. The van der Waals surface area contributed by atoms with E-state index in [1.807, 2.05) is 0 Å². The Hall–Kier alpha value is -3.52. The third-order valence-corrected chi connectivity index (χ3v) is 4.73. The fourth-order valence-corrected chi connectivity index (χ4v) is 3.34. The average Bonchev–Trinajstić information content (AvgIpc) is 2.69. The fourth-order valence-electron chi connectivity index (χ4n) is 3.34. The highest BCUT2D eigenvalue weighted by atomic mass is 14.9. The van der Waals surface area contributed by atoms with Gasteiger partial charge in [0.05, 0.1) is 0 Å². The Morgan fingerprint density at radius 2 is 1.11 bits per heavy atom. The zero-order valence-electron chi connectivity index (χ0n) is 16.2. The Bertz CT molecular complexity index is 1080. The quantitative estimate of drug-likeness (QED) is 0.384. The molecule has 0 spiro atoms. The number of hydrogen-bond acceptors (Lipinski definition) is 2. The summed E-state index contributed by atoms with van der Waals surface area (Å²) in [6.07, 6.45) is 0. The van der Waals surface area contributed by atoms with Crippen molar-refractivity contribution in [3.05, 3.63) is 108 Å². The number of para-hydroxylation sites is 1. The van der Waals surface area contributed by atoms with Gasteiger partial charge in [-0.25, -0.2) is 0 Å². The van der Waals surface area contributed by atoms with Crippen LogP contribution in [0.25, 0.3) is 11.1 Å². The first-order chi connectivity index (χ1) is 13.7. The highest BCUT2D eigenvalue weighted by Gasteiger charge is 2.06. The van der Waals surface area contributed by atoms with Gasteiger partial charge < -0.3 is 10.6 Å². The maximum atomic E-state index is 3.56. The number of nitrogens with one attached hydrogen (secondary N) is 2. The van der Waals surface area contributed by atoms with Gasteiger partial charge in [-0.2, -0.15) is 0 Å². The minimum atomic E-state index is 1.08. The molecule has 0 aliphatic rings. The van der Waals surface area contributed by atoms with Crippen LogP contribution in [0, 0.1) is 13.8 Å². The van der Waals surface area contributed by atoms with Crippen LogP contribution in [-0.2, 0) is 0 Å². The molecular formula is C26H24N2. The van der Waals surface area contributed by atoms with Crippen molar-refractivity contribution in [2.45, 2.75) is 13.8 Å². The minimum absolute atomic E-state index is 1.08. The van der Waals surface area contributed by atoms with Gasteiger partial charge in [0.2, 0.25) is 0 Å². The van der Waals surface area contributed by atoms with Gasteiger partial charge in [0.15, 0.2) is 0 Å². The molecule has 0 aliphatic carbocycles. The molecule has 4 rings (SSSR count). The summed E-state index contributed by atoms with van der Waals surface area (Å²) in [4.78, 5) is 0. The predicted octanol–water partition coefficient (Wildman–Crippen LogP) is 7.46. The molecule has 2 nitrogen and oxygen atoms in total. The molecule has 0 atom stereocenters. The summed E-state index contributed by atoms with van der Waals surface area (Å²) in [5.41, 5.74) is 9.26. The lowest BCUT2D eigenvalue weighted by molar-refractivity contribution is 1.44. The summed E-state index contributed by atoms with van der Waals surface area (Å²) in [5, 5.41) is 7.03. The Balaban J connectivity index is 1.57. The lowest BCUT2D eigenvalue weighted by Crippen LogP contribution is -1.94. The van der Waals surface area contributed by atoms with Gasteiger partial charge in [0, 0.05) is 28.3 Å². The molecule has 28 heavy (non-hydrogen) atoms. The molecule has 0 saturated heterocycles. The first-order valence-corrected chi connectivity index (χ1v) is 9.54. The van der Waals surface area contributed by atoms with Gasteiger partial charge in [0.1, 0.15) is 0 Å². The molecule has 4 aromatic carbocycles. The molecule has 0 amide bonds. The van der Waals surface area contributed by atoms with Gasteiger partial charge >= 0.3 is 0 Å². The highest BCUT2D eigenvalue weighted by Crippen LogP contribution is 2.31. The maximum absolute atomic E-state index is 3.56. The van der Waals surface area contributed by atoms with Gasteiger partial charge in [-0.15, -0.1) is 0 Å². The van der Waals surface area contributed by atoms with Crippen molar-refractivity contribution in [2.75, 3.05) is 10.6 Å². The van der Waals surface area contributed by atoms with E-state index in [0.717, 1.165) is 22.7 Å². The number of rotatable bonds is 5. The molecule has 0 aromatic heterocycles. The maximum Gasteiger partial charge on any atom is 0.0463 e. The molecule has 2 N–H and O–H groups in total. The van der Waals surface area contributed by atoms with Crippen LogP contribution in [0.1, 0.15) is 11.1 Å². The van der Waals surface area contributed by atoms with E-state index in [1.165, 1.54) is 22.3 Å². The number of hydrogen-bond donors (Lipinski definition) is 2. The van der Waals surface area contributed by atoms with Crippen LogP contribution in [0.5, 0.6) is 0 Å². The van der Waals surface area contributed by atoms with Crippen LogP contribution >= 0.6 is 0 Å².